The molecule has 3 heteroatoms. The molecule has 0 heterocycles. The Hall–Kier alpha value is -1.87. The molecule has 0 unspecified atom stereocenters. The summed E-state index contributed by atoms with van der Waals surface area (Å²) >= 11 is 0. The van der Waals surface area contributed by atoms with E-state index in [0.717, 1.165) is 32.5 Å². The molecule has 3 nitrogen and oxygen atoms in total. The zero-order valence-electron chi connectivity index (χ0n) is 14.1. The summed E-state index contributed by atoms with van der Waals surface area (Å²) in [7, 11) is 0. The van der Waals surface area contributed by atoms with E-state index in [1.165, 1.54) is 11.3 Å². The van der Waals surface area contributed by atoms with Crippen LogP contribution in [0, 0.1) is 0 Å². The third kappa shape index (κ3) is 7.23. The summed E-state index contributed by atoms with van der Waals surface area (Å²) in [6.07, 6.45) is 9.97. The number of nitrogens with zero attached hydrogens (tertiary/aromatic N) is 2. The van der Waals surface area contributed by atoms with E-state index in [2.05, 4.69) is 65.7 Å². The van der Waals surface area contributed by atoms with Crippen LogP contribution in [0.4, 0.5) is 0 Å². The van der Waals surface area contributed by atoms with E-state index < -0.39 is 0 Å². The smallest absolute Gasteiger partial charge is 0.0471 e. The summed E-state index contributed by atoms with van der Waals surface area (Å²) in [6.45, 7) is 9.10. The molecular weight excluding hydrogens is 270 g/mol. The average molecular weight is 299 g/mol. The Balaban J connectivity index is 2.69. The Bertz CT molecular complexity index is 475. The molecule has 0 aliphatic carbocycles. The molecule has 0 atom stereocenters. The van der Waals surface area contributed by atoms with Crippen LogP contribution in [0.3, 0.4) is 0 Å². The van der Waals surface area contributed by atoms with Gasteiger partial charge in [0.05, 0.1) is 0 Å². The maximum absolute atomic E-state index is 4.60. The van der Waals surface area contributed by atoms with Crippen molar-refractivity contribution in [2.45, 2.75) is 33.6 Å². The molecule has 0 aromatic heterocycles. The van der Waals surface area contributed by atoms with Crippen LogP contribution in [0.5, 0.6) is 0 Å². The minimum Gasteiger partial charge on any atom is -0.317 e. The first kappa shape index (κ1) is 18.2. The quantitative estimate of drug-likeness (QED) is 0.402. The first-order chi connectivity index (χ1) is 10.8. The Morgan fingerprint density at radius 1 is 1.23 bits per heavy atom. The van der Waals surface area contributed by atoms with Gasteiger partial charge in [-0.2, -0.15) is 5.10 Å². The summed E-state index contributed by atoms with van der Waals surface area (Å²) < 4.78 is 0. The van der Waals surface area contributed by atoms with Crippen molar-refractivity contribution in [3.63, 3.8) is 0 Å². The molecule has 0 fully saturated rings. The zero-order valence-corrected chi connectivity index (χ0v) is 14.1. The second-order valence-electron chi connectivity index (χ2n) is 5.03. The molecule has 0 bridgehead atoms. The summed E-state index contributed by atoms with van der Waals surface area (Å²) in [4.78, 5) is 0. The van der Waals surface area contributed by atoms with E-state index in [4.69, 9.17) is 0 Å². The Labute approximate surface area is 135 Å². The lowest BCUT2D eigenvalue weighted by molar-refractivity contribution is 0.354. The number of rotatable bonds is 10. The van der Waals surface area contributed by atoms with Gasteiger partial charge in [0, 0.05) is 31.4 Å². The van der Waals surface area contributed by atoms with Crippen molar-refractivity contribution in [3.05, 3.63) is 59.8 Å². The average Bonchev–Trinajstić information content (AvgIpc) is 2.56. The van der Waals surface area contributed by atoms with Crippen LogP contribution in [-0.2, 0) is 6.42 Å². The molecule has 0 saturated carbocycles. The van der Waals surface area contributed by atoms with Crippen molar-refractivity contribution in [2.24, 2.45) is 5.10 Å². The number of hydrazone groups is 1. The fourth-order valence-corrected chi connectivity index (χ4v) is 2.18. The second-order valence-corrected chi connectivity index (χ2v) is 5.03. The van der Waals surface area contributed by atoms with Gasteiger partial charge in [-0.15, -0.1) is 0 Å². The maximum atomic E-state index is 4.60. The van der Waals surface area contributed by atoms with Crippen LogP contribution < -0.4 is 5.32 Å². The van der Waals surface area contributed by atoms with Crippen molar-refractivity contribution in [1.29, 1.82) is 0 Å². The van der Waals surface area contributed by atoms with E-state index in [1.807, 2.05) is 25.3 Å². The minimum atomic E-state index is 0.893. The predicted octanol–water partition coefficient (Wildman–Crippen LogP) is 4.00. The van der Waals surface area contributed by atoms with Gasteiger partial charge in [0.15, 0.2) is 0 Å². The topological polar surface area (TPSA) is 27.6 Å². The highest BCUT2D eigenvalue weighted by Crippen LogP contribution is 2.11. The van der Waals surface area contributed by atoms with Gasteiger partial charge in [0.2, 0.25) is 0 Å². The van der Waals surface area contributed by atoms with Crippen molar-refractivity contribution < 1.29 is 0 Å². The van der Waals surface area contributed by atoms with Crippen LogP contribution in [0.1, 0.15) is 32.8 Å². The van der Waals surface area contributed by atoms with E-state index in [0.29, 0.717) is 0 Å². The minimum absolute atomic E-state index is 0.893. The first-order valence-corrected chi connectivity index (χ1v) is 8.14. The third-order valence-electron chi connectivity index (χ3n) is 3.41. The second kappa shape index (κ2) is 11.8. The fraction of sp³-hybridized carbons (Fsp3) is 0.421. The fourth-order valence-electron chi connectivity index (χ4n) is 2.18. The number of hydrogen-bond donors (Lipinski definition) is 1. The van der Waals surface area contributed by atoms with Gasteiger partial charge in [-0.05, 0) is 38.5 Å². The highest BCUT2D eigenvalue weighted by atomic mass is 15.5. The molecule has 0 spiro atoms. The molecule has 0 radical (unpaired) electrons. The van der Waals surface area contributed by atoms with Gasteiger partial charge in [0.25, 0.3) is 0 Å². The van der Waals surface area contributed by atoms with Gasteiger partial charge in [-0.25, -0.2) is 0 Å². The van der Waals surface area contributed by atoms with Crippen LogP contribution >= 0.6 is 0 Å². The molecule has 1 rings (SSSR count). The Morgan fingerprint density at radius 3 is 2.64 bits per heavy atom. The summed E-state index contributed by atoms with van der Waals surface area (Å²) in [5.41, 5.74) is 2.61. The summed E-state index contributed by atoms with van der Waals surface area (Å²) in [5.74, 6) is 0. The standard InChI is InChI=1S/C19H29N3/c1-4-7-15-21-22(19(5-2)13-16-20-6-3)17-14-18-11-9-8-10-12-18/h4-5,7-12,15,20H,6,13-14,16-17H2,1-3H3/b7-4+,19-5+,21-15+. The van der Waals surface area contributed by atoms with E-state index in [-0.39, 0.29) is 0 Å². The van der Waals surface area contributed by atoms with Crippen LogP contribution in [0.25, 0.3) is 0 Å². The van der Waals surface area contributed by atoms with Crippen molar-refractivity contribution in [3.8, 4) is 0 Å². The van der Waals surface area contributed by atoms with Gasteiger partial charge in [-0.3, -0.25) is 5.01 Å². The molecule has 120 valence electrons. The Morgan fingerprint density at radius 2 is 2.00 bits per heavy atom. The number of hydrogen-bond acceptors (Lipinski definition) is 3. The summed E-state index contributed by atoms with van der Waals surface area (Å²) in [6, 6.07) is 10.6. The van der Waals surface area contributed by atoms with Crippen molar-refractivity contribution in [1.82, 2.24) is 10.3 Å². The molecule has 0 aliphatic rings. The van der Waals surface area contributed by atoms with Gasteiger partial charge in [0.1, 0.15) is 0 Å². The van der Waals surface area contributed by atoms with Gasteiger partial charge >= 0.3 is 0 Å². The van der Waals surface area contributed by atoms with Gasteiger partial charge in [-0.1, -0.05) is 49.4 Å². The van der Waals surface area contributed by atoms with Crippen LogP contribution in [-0.4, -0.2) is 30.9 Å². The normalized spacial score (nSPS) is 12.4. The molecule has 0 saturated heterocycles. The first-order valence-electron chi connectivity index (χ1n) is 8.14. The predicted molar refractivity (Wildman–Crippen MR) is 97.1 cm³/mol. The lowest BCUT2D eigenvalue weighted by Crippen LogP contribution is -2.24. The van der Waals surface area contributed by atoms with Gasteiger partial charge < -0.3 is 5.32 Å². The number of allylic oxidation sites excluding steroid dienone is 3. The van der Waals surface area contributed by atoms with Crippen LogP contribution in [0.2, 0.25) is 0 Å². The lowest BCUT2D eigenvalue weighted by Gasteiger charge is -2.22. The SMILES string of the molecule is C/C=C/C=N/N(CCc1ccccc1)/C(=C/C)CCNCC. The van der Waals surface area contributed by atoms with E-state index >= 15 is 0 Å². The van der Waals surface area contributed by atoms with Crippen molar-refractivity contribution in [2.75, 3.05) is 19.6 Å². The lowest BCUT2D eigenvalue weighted by atomic mass is 10.1. The highest BCUT2D eigenvalue weighted by Gasteiger charge is 2.07. The largest absolute Gasteiger partial charge is 0.317 e. The molecule has 0 amide bonds. The Kier molecular flexibility index (Phi) is 9.71. The molecular formula is C19H29N3. The monoisotopic (exact) mass is 299 g/mol. The number of nitrogens with one attached hydrogen (secondary N) is 1. The van der Waals surface area contributed by atoms with Crippen LogP contribution in [0.15, 0.2) is 59.4 Å². The number of benzene rings is 1. The van der Waals surface area contributed by atoms with E-state index in [1.54, 1.807) is 0 Å². The zero-order chi connectivity index (χ0) is 16.0. The molecule has 1 aromatic rings. The molecule has 1 N–H and O–H groups in total. The summed E-state index contributed by atoms with van der Waals surface area (Å²) in [5, 5.41) is 10.1. The highest BCUT2D eigenvalue weighted by molar-refractivity contribution is 5.70. The third-order valence-corrected chi connectivity index (χ3v) is 3.41. The van der Waals surface area contributed by atoms with Crippen molar-refractivity contribution >= 4 is 6.21 Å². The molecule has 22 heavy (non-hydrogen) atoms. The maximum Gasteiger partial charge on any atom is 0.0471 e. The molecule has 1 aromatic carbocycles. The molecule has 0 aliphatic heterocycles. The van der Waals surface area contributed by atoms with E-state index in [9.17, 15) is 0 Å².